The van der Waals surface area contributed by atoms with E-state index < -0.39 is 22.8 Å². The van der Waals surface area contributed by atoms with Gasteiger partial charge in [-0.15, -0.1) is 0 Å². The zero-order valence-electron chi connectivity index (χ0n) is 10.8. The monoisotopic (exact) mass is 292 g/mol. The lowest BCUT2D eigenvalue weighted by Crippen LogP contribution is -2.35. The van der Waals surface area contributed by atoms with Gasteiger partial charge in [0.15, 0.2) is 0 Å². The normalized spacial score (nSPS) is 18.0. The second-order valence-electron chi connectivity index (χ2n) is 4.55. The van der Waals surface area contributed by atoms with Gasteiger partial charge in [-0.1, -0.05) is 12.1 Å². The highest BCUT2D eigenvalue weighted by atomic mass is 16.6. The van der Waals surface area contributed by atoms with Crippen LogP contribution in [0.4, 0.5) is 5.69 Å². The summed E-state index contributed by atoms with van der Waals surface area (Å²) in [5.41, 5.74) is -0.147. The predicted molar refractivity (Wildman–Crippen MR) is 71.4 cm³/mol. The van der Waals surface area contributed by atoms with E-state index in [1.54, 1.807) is 6.07 Å². The summed E-state index contributed by atoms with van der Waals surface area (Å²) >= 11 is 0. The van der Waals surface area contributed by atoms with E-state index in [0.29, 0.717) is 0 Å². The highest BCUT2D eigenvalue weighted by molar-refractivity contribution is 5.98. The van der Waals surface area contributed by atoms with Crippen LogP contribution in [0.5, 0.6) is 0 Å². The number of benzene rings is 1. The molecule has 1 aliphatic rings. The smallest absolute Gasteiger partial charge is 0.333 e. The SMILES string of the molecule is O=C(O)C1=C(c2ccccc2[N+](=O)[O-])NCC(C(=O)O)C1. The first-order valence-corrected chi connectivity index (χ1v) is 6.08. The molecule has 0 radical (unpaired) electrons. The zero-order valence-corrected chi connectivity index (χ0v) is 10.8. The van der Waals surface area contributed by atoms with Gasteiger partial charge in [-0.2, -0.15) is 0 Å². The van der Waals surface area contributed by atoms with Crippen LogP contribution >= 0.6 is 0 Å². The number of hydrogen-bond acceptors (Lipinski definition) is 5. The highest BCUT2D eigenvalue weighted by Crippen LogP contribution is 2.31. The molecule has 0 bridgehead atoms. The van der Waals surface area contributed by atoms with Gasteiger partial charge >= 0.3 is 11.9 Å². The molecule has 1 aliphatic heterocycles. The molecule has 0 spiro atoms. The third-order valence-electron chi connectivity index (χ3n) is 3.26. The summed E-state index contributed by atoms with van der Waals surface area (Å²) in [4.78, 5) is 32.7. The number of carboxylic acids is 2. The maximum Gasteiger partial charge on any atom is 0.333 e. The fourth-order valence-electron chi connectivity index (χ4n) is 2.22. The first-order chi connectivity index (χ1) is 9.91. The number of carboxylic acid groups (broad SMARTS) is 2. The number of nitrogens with one attached hydrogen (secondary N) is 1. The Bertz CT molecular complexity index is 652. The van der Waals surface area contributed by atoms with E-state index in [-0.39, 0.29) is 35.5 Å². The van der Waals surface area contributed by atoms with E-state index in [0.717, 1.165) is 0 Å². The van der Waals surface area contributed by atoms with Crippen molar-refractivity contribution < 1.29 is 24.7 Å². The summed E-state index contributed by atoms with van der Waals surface area (Å²) in [5, 5.41) is 31.9. The molecule has 0 amide bonds. The first-order valence-electron chi connectivity index (χ1n) is 6.08. The Morgan fingerprint density at radius 3 is 2.52 bits per heavy atom. The Morgan fingerprint density at radius 2 is 1.95 bits per heavy atom. The van der Waals surface area contributed by atoms with Gasteiger partial charge in [0.1, 0.15) is 0 Å². The largest absolute Gasteiger partial charge is 0.481 e. The summed E-state index contributed by atoms with van der Waals surface area (Å²) < 4.78 is 0. The lowest BCUT2D eigenvalue weighted by atomic mass is 9.91. The summed E-state index contributed by atoms with van der Waals surface area (Å²) in [7, 11) is 0. The third-order valence-corrected chi connectivity index (χ3v) is 3.26. The summed E-state index contributed by atoms with van der Waals surface area (Å²) in [6, 6.07) is 5.74. The molecular weight excluding hydrogens is 280 g/mol. The summed E-state index contributed by atoms with van der Waals surface area (Å²) in [5.74, 6) is -3.27. The van der Waals surface area contributed by atoms with E-state index in [2.05, 4.69) is 5.32 Å². The van der Waals surface area contributed by atoms with Crippen molar-refractivity contribution in [3.8, 4) is 0 Å². The van der Waals surface area contributed by atoms with E-state index >= 15 is 0 Å². The van der Waals surface area contributed by atoms with Gasteiger partial charge < -0.3 is 15.5 Å². The van der Waals surface area contributed by atoms with Crippen LogP contribution in [0, 0.1) is 16.0 Å². The topological polar surface area (TPSA) is 130 Å². The molecule has 8 nitrogen and oxygen atoms in total. The van der Waals surface area contributed by atoms with E-state index in [9.17, 15) is 24.8 Å². The minimum Gasteiger partial charge on any atom is -0.481 e. The van der Waals surface area contributed by atoms with Crippen molar-refractivity contribution in [1.29, 1.82) is 0 Å². The number of nitrogens with zero attached hydrogens (tertiary/aromatic N) is 1. The molecule has 0 aromatic heterocycles. The molecule has 0 fully saturated rings. The Kier molecular flexibility index (Phi) is 3.88. The molecule has 110 valence electrons. The minimum absolute atomic E-state index is 0.0213. The van der Waals surface area contributed by atoms with E-state index in [1.807, 2.05) is 0 Å². The van der Waals surface area contributed by atoms with Crippen LogP contribution in [0.3, 0.4) is 0 Å². The van der Waals surface area contributed by atoms with Crippen molar-refractivity contribution in [3.05, 3.63) is 45.5 Å². The second-order valence-corrected chi connectivity index (χ2v) is 4.55. The number of para-hydroxylation sites is 1. The van der Waals surface area contributed by atoms with E-state index in [4.69, 9.17) is 5.11 Å². The maximum atomic E-state index is 11.3. The average Bonchev–Trinajstić information content (AvgIpc) is 2.46. The van der Waals surface area contributed by atoms with Crippen LogP contribution < -0.4 is 5.32 Å². The lowest BCUT2D eigenvalue weighted by molar-refractivity contribution is -0.385. The molecule has 8 heteroatoms. The Labute approximate surface area is 118 Å². The zero-order chi connectivity index (χ0) is 15.6. The van der Waals surface area contributed by atoms with Crippen molar-refractivity contribution in [3.63, 3.8) is 0 Å². The second kappa shape index (κ2) is 5.61. The van der Waals surface area contributed by atoms with Crippen LogP contribution in [0.15, 0.2) is 29.8 Å². The van der Waals surface area contributed by atoms with Crippen molar-refractivity contribution in [1.82, 2.24) is 5.32 Å². The third kappa shape index (κ3) is 2.83. The molecule has 1 atom stereocenters. The molecule has 1 unspecified atom stereocenters. The van der Waals surface area contributed by atoms with Crippen LogP contribution in [0.25, 0.3) is 5.70 Å². The number of nitro benzene ring substituents is 1. The molecule has 0 aliphatic carbocycles. The van der Waals surface area contributed by atoms with Crippen LogP contribution in [-0.4, -0.2) is 33.6 Å². The Balaban J connectivity index is 2.55. The quantitative estimate of drug-likeness (QED) is 0.559. The van der Waals surface area contributed by atoms with Crippen molar-refractivity contribution in [2.24, 2.45) is 5.92 Å². The van der Waals surface area contributed by atoms with Gasteiger partial charge in [0.2, 0.25) is 0 Å². The first kappa shape index (κ1) is 14.5. The molecule has 2 rings (SSSR count). The number of aliphatic carboxylic acids is 2. The molecule has 1 heterocycles. The lowest BCUT2D eigenvalue weighted by Gasteiger charge is -2.24. The van der Waals surface area contributed by atoms with E-state index in [1.165, 1.54) is 18.2 Å². The number of carbonyl (C=O) groups is 2. The predicted octanol–water partition coefficient (Wildman–Crippen LogP) is 1.08. The molecule has 1 aromatic carbocycles. The van der Waals surface area contributed by atoms with Gasteiger partial charge in [-0.25, -0.2) is 4.79 Å². The van der Waals surface area contributed by atoms with Gasteiger partial charge in [0, 0.05) is 12.6 Å². The summed E-state index contributed by atoms with van der Waals surface area (Å²) in [6.45, 7) is 0.0213. The molecule has 1 aromatic rings. The van der Waals surface area contributed by atoms with Gasteiger partial charge in [0.05, 0.1) is 27.7 Å². The fraction of sp³-hybridized carbons (Fsp3) is 0.231. The van der Waals surface area contributed by atoms with Crippen LogP contribution in [-0.2, 0) is 9.59 Å². The average molecular weight is 292 g/mol. The van der Waals surface area contributed by atoms with Gasteiger partial charge in [-0.3, -0.25) is 14.9 Å². The number of nitro groups is 1. The molecule has 21 heavy (non-hydrogen) atoms. The maximum absolute atomic E-state index is 11.3. The molecule has 0 saturated heterocycles. The highest BCUT2D eigenvalue weighted by Gasteiger charge is 2.32. The van der Waals surface area contributed by atoms with Crippen LogP contribution in [0.1, 0.15) is 12.0 Å². The van der Waals surface area contributed by atoms with Gasteiger partial charge in [-0.05, 0) is 12.5 Å². The molecular formula is C13H12N2O6. The van der Waals surface area contributed by atoms with Crippen molar-refractivity contribution in [2.75, 3.05) is 6.54 Å². The summed E-state index contributed by atoms with van der Waals surface area (Å²) in [6.07, 6.45) is -0.181. The standard InChI is InChI=1S/C13H12N2O6/c16-12(17)7-5-9(13(18)19)11(14-6-7)8-3-1-2-4-10(8)15(20)21/h1-4,7,14H,5-6H2,(H,16,17)(H,18,19). The van der Waals surface area contributed by atoms with Crippen molar-refractivity contribution >= 4 is 23.3 Å². The fourth-order valence-corrected chi connectivity index (χ4v) is 2.22. The molecule has 0 saturated carbocycles. The Hall–Kier alpha value is -2.90. The van der Waals surface area contributed by atoms with Gasteiger partial charge in [0.25, 0.3) is 5.69 Å². The Morgan fingerprint density at radius 1 is 1.29 bits per heavy atom. The minimum atomic E-state index is -1.29. The molecule has 3 N–H and O–H groups in total. The number of rotatable bonds is 4. The number of hydrogen-bond donors (Lipinski definition) is 3. The van der Waals surface area contributed by atoms with Crippen molar-refractivity contribution in [2.45, 2.75) is 6.42 Å². The van der Waals surface area contributed by atoms with Crippen LogP contribution in [0.2, 0.25) is 0 Å².